The van der Waals surface area contributed by atoms with Crippen molar-refractivity contribution in [1.82, 2.24) is 0 Å². The zero-order valence-electron chi connectivity index (χ0n) is 7.75. The molecule has 1 unspecified atom stereocenters. The van der Waals surface area contributed by atoms with Crippen molar-refractivity contribution in [3.8, 4) is 0 Å². The molecule has 0 rings (SSSR count). The van der Waals surface area contributed by atoms with Crippen molar-refractivity contribution in [2.24, 2.45) is 5.73 Å². The Kier molecular flexibility index (Phi) is 7.68. The molecule has 2 nitrogen and oxygen atoms in total. The van der Waals surface area contributed by atoms with E-state index in [4.69, 9.17) is 5.73 Å². The van der Waals surface area contributed by atoms with Crippen molar-refractivity contribution >= 4 is 37.3 Å². The number of rotatable bonds is 7. The van der Waals surface area contributed by atoms with Crippen LogP contribution in [0.1, 0.15) is 12.8 Å². The van der Waals surface area contributed by atoms with Crippen LogP contribution >= 0.6 is 12.6 Å². The molecule has 0 heterocycles. The molecule has 1 atom stereocenters. The third kappa shape index (κ3) is 5.43. The van der Waals surface area contributed by atoms with E-state index in [1.165, 1.54) is 10.9 Å². The van der Waals surface area contributed by atoms with Gasteiger partial charge in [-0.25, -0.2) is 0 Å². The number of aldehydes is 1. The van der Waals surface area contributed by atoms with Gasteiger partial charge in [-0.05, 0) is 0 Å². The van der Waals surface area contributed by atoms with E-state index >= 15 is 0 Å². The Morgan fingerprint density at radius 3 is 2.58 bits per heavy atom. The molecule has 0 saturated carbocycles. The van der Waals surface area contributed by atoms with Crippen molar-refractivity contribution < 1.29 is 4.79 Å². The molecule has 12 heavy (non-hydrogen) atoms. The summed E-state index contributed by atoms with van der Waals surface area (Å²) >= 11 is 2.30. The van der Waals surface area contributed by atoms with Gasteiger partial charge in [0.2, 0.25) is 0 Å². The van der Waals surface area contributed by atoms with Gasteiger partial charge < -0.3 is 0 Å². The van der Waals surface area contributed by atoms with Crippen molar-refractivity contribution in [2.75, 3.05) is 10.3 Å². The Morgan fingerprint density at radius 1 is 1.50 bits per heavy atom. The van der Waals surface area contributed by atoms with E-state index in [1.807, 2.05) is 0 Å². The second kappa shape index (κ2) is 7.21. The first kappa shape index (κ1) is 12.8. The molecule has 0 amide bonds. The normalized spacial score (nSPS) is 15.6. The average molecular weight is 296 g/mol. The minimum atomic E-state index is -2.04. The van der Waals surface area contributed by atoms with Crippen molar-refractivity contribution in [2.45, 2.75) is 26.7 Å². The van der Waals surface area contributed by atoms with Gasteiger partial charge in [0.1, 0.15) is 0 Å². The first-order valence-electron chi connectivity index (χ1n) is 4.43. The molecule has 4 heteroatoms. The fraction of sp³-hybridized carbons (Fsp3) is 0.875. The molecule has 0 aromatic heterocycles. The van der Waals surface area contributed by atoms with Gasteiger partial charge in [0.25, 0.3) is 0 Å². The molecule has 0 radical (unpaired) electrons. The molecular weight excluding hydrogens is 277 g/mol. The van der Waals surface area contributed by atoms with Crippen LogP contribution in [0.25, 0.3) is 0 Å². The van der Waals surface area contributed by atoms with Crippen LogP contribution in [0.15, 0.2) is 0 Å². The topological polar surface area (TPSA) is 43.1 Å². The van der Waals surface area contributed by atoms with E-state index in [2.05, 4.69) is 17.6 Å². The van der Waals surface area contributed by atoms with Crippen LogP contribution in [0.2, 0.25) is 13.8 Å². The van der Waals surface area contributed by atoms with Gasteiger partial charge in [-0.1, -0.05) is 0 Å². The van der Waals surface area contributed by atoms with Gasteiger partial charge in [0.15, 0.2) is 0 Å². The van der Waals surface area contributed by atoms with E-state index in [9.17, 15) is 4.79 Å². The Hall–Kier alpha value is 0.779. The summed E-state index contributed by atoms with van der Waals surface area (Å²) in [6.45, 7) is 0.773. The van der Waals surface area contributed by atoms with E-state index in [-0.39, 0.29) is 0 Å². The number of carbonyl (C=O) groups excluding carboxylic acids is 1. The Labute approximate surface area is 84.6 Å². The summed E-state index contributed by atoms with van der Waals surface area (Å²) in [7, 11) is 0. The van der Waals surface area contributed by atoms with Gasteiger partial charge in [0, 0.05) is 0 Å². The van der Waals surface area contributed by atoms with Crippen molar-refractivity contribution in [3.63, 3.8) is 0 Å². The van der Waals surface area contributed by atoms with Crippen LogP contribution in [-0.4, -0.2) is 35.0 Å². The summed E-state index contributed by atoms with van der Waals surface area (Å²) < 4.78 is 3.06. The van der Waals surface area contributed by atoms with Crippen molar-refractivity contribution in [1.29, 1.82) is 0 Å². The minimum absolute atomic E-state index is 0.773. The van der Waals surface area contributed by atoms with Gasteiger partial charge in [-0.3, -0.25) is 0 Å². The predicted molar refractivity (Wildman–Crippen MR) is 59.4 cm³/mol. The zero-order valence-corrected chi connectivity index (χ0v) is 11.5. The Bertz CT molecular complexity index is 134. The van der Waals surface area contributed by atoms with E-state index in [1.54, 1.807) is 0 Å². The quantitative estimate of drug-likeness (QED) is 0.323. The summed E-state index contributed by atoms with van der Waals surface area (Å²) in [5, 5.41) is 0. The Morgan fingerprint density at radius 2 is 2.17 bits per heavy atom. The van der Waals surface area contributed by atoms with Gasteiger partial charge >= 0.3 is 84.8 Å². The van der Waals surface area contributed by atoms with Crippen LogP contribution in [-0.2, 0) is 4.79 Å². The number of hydrogen-bond donors (Lipinski definition) is 2. The molecular formula is C8H19NOSSn. The molecule has 0 spiro atoms. The average Bonchev–Trinajstić information content (AvgIpc) is 2.06. The van der Waals surface area contributed by atoms with Crippen molar-refractivity contribution in [3.05, 3.63) is 0 Å². The molecule has 0 aliphatic rings. The zero-order chi connectivity index (χ0) is 9.45. The third-order valence-electron chi connectivity index (χ3n) is 2.19. The maximum atomic E-state index is 10.4. The van der Waals surface area contributed by atoms with E-state index in [0.717, 1.165) is 27.5 Å². The van der Waals surface area contributed by atoms with E-state index in [0.29, 0.717) is 0 Å². The van der Waals surface area contributed by atoms with Crippen LogP contribution in [0.5, 0.6) is 0 Å². The summed E-state index contributed by atoms with van der Waals surface area (Å²) in [4.78, 5) is 12.7. The first-order chi connectivity index (χ1) is 5.68. The second-order valence-corrected chi connectivity index (χ2v) is 19.5. The summed E-state index contributed by atoms with van der Waals surface area (Å²) in [5.41, 5.74) is 5.41. The molecule has 0 bridgehead atoms. The second-order valence-electron chi connectivity index (χ2n) is 3.59. The number of hydrogen-bond acceptors (Lipinski definition) is 3. The number of nitrogens with two attached hydrogens (primary N) is 1. The van der Waals surface area contributed by atoms with Gasteiger partial charge in [-0.15, -0.1) is 0 Å². The molecule has 0 aromatic rings. The molecule has 72 valence electrons. The summed E-state index contributed by atoms with van der Waals surface area (Å²) in [6, 6.07) is 0. The monoisotopic (exact) mass is 297 g/mol. The Balaban J connectivity index is 3.70. The van der Waals surface area contributed by atoms with Crippen LogP contribution in [0.3, 0.4) is 0 Å². The maximum absolute atomic E-state index is 10.4. The SMILES string of the molecule is [CH3][Sn]([CH2]S)([CH2]C=O)[CH2]CCCN. The fourth-order valence-electron chi connectivity index (χ4n) is 1.14. The summed E-state index contributed by atoms with van der Waals surface area (Å²) in [5.74, 6) is 0. The first-order valence-corrected chi connectivity index (χ1v) is 14.0. The third-order valence-corrected chi connectivity index (χ3v) is 17.2. The van der Waals surface area contributed by atoms with Gasteiger partial charge in [-0.2, -0.15) is 0 Å². The standard InChI is InChI=1S/C4H10N.C2H3O.CH3S.CH3.Sn/c1-2-3-4-5;1-2-3;1-2;;/h1-5H2;2H,1H2;2H,1H2;1H3;. The molecule has 0 aromatic carbocycles. The molecule has 0 aliphatic carbocycles. The van der Waals surface area contributed by atoms with Crippen LogP contribution in [0, 0.1) is 0 Å². The molecule has 0 aliphatic heterocycles. The fourth-order valence-corrected chi connectivity index (χ4v) is 8.77. The molecule has 0 saturated heterocycles. The van der Waals surface area contributed by atoms with Crippen LogP contribution in [0.4, 0.5) is 0 Å². The number of carbonyl (C=O) groups is 1. The summed E-state index contributed by atoms with van der Waals surface area (Å²) in [6.07, 6.45) is 3.37. The number of thiol groups is 1. The van der Waals surface area contributed by atoms with Gasteiger partial charge in [0.05, 0.1) is 0 Å². The molecule has 2 N–H and O–H groups in total. The number of unbranched alkanes of at least 4 members (excludes halogenated alkanes) is 1. The predicted octanol–water partition coefficient (Wildman–Crippen LogP) is 1.47. The van der Waals surface area contributed by atoms with Crippen LogP contribution < -0.4 is 5.73 Å². The van der Waals surface area contributed by atoms with E-state index < -0.39 is 18.4 Å². The molecule has 0 fully saturated rings.